The number of rotatable bonds is 4. The minimum Gasteiger partial charge on any atom is -0.371 e. The lowest BCUT2D eigenvalue weighted by Gasteiger charge is -2.34. The van der Waals surface area contributed by atoms with Crippen molar-refractivity contribution in [2.75, 3.05) is 18.0 Å². The highest BCUT2D eigenvalue weighted by molar-refractivity contribution is 6.34. The summed E-state index contributed by atoms with van der Waals surface area (Å²) >= 11 is 6.52. The fraction of sp³-hybridized carbons (Fsp3) is 0.375. The third kappa shape index (κ3) is 4.62. The van der Waals surface area contributed by atoms with Crippen LogP contribution < -0.4 is 4.90 Å². The monoisotopic (exact) mass is 380 g/mol. The van der Waals surface area contributed by atoms with Crippen LogP contribution in [0.1, 0.15) is 43.4 Å². The number of hydrogen-bond donors (Lipinski definition) is 0. The van der Waals surface area contributed by atoms with E-state index in [2.05, 4.69) is 62.6 Å². The first-order valence-corrected chi connectivity index (χ1v) is 10.1. The van der Waals surface area contributed by atoms with Crippen molar-refractivity contribution in [1.82, 2.24) is 0 Å². The molecule has 1 aliphatic heterocycles. The zero-order valence-electron chi connectivity index (χ0n) is 16.8. The second-order valence-corrected chi connectivity index (χ2v) is 8.17. The average Bonchev–Trinajstić information content (AvgIpc) is 2.65. The van der Waals surface area contributed by atoms with Crippen LogP contribution in [0.2, 0.25) is 5.02 Å². The van der Waals surface area contributed by atoms with Crippen molar-refractivity contribution in [3.05, 3.63) is 70.3 Å². The van der Waals surface area contributed by atoms with Crippen LogP contribution in [0.4, 0.5) is 11.4 Å². The lowest BCUT2D eigenvalue weighted by atomic mass is 9.91. The van der Waals surface area contributed by atoms with Crippen molar-refractivity contribution < 1.29 is 0 Å². The molecule has 1 heterocycles. The Balaban J connectivity index is 1.86. The minimum absolute atomic E-state index is 0.653. The molecular formula is C24H29ClN2. The third-order valence-corrected chi connectivity index (χ3v) is 5.88. The molecule has 0 atom stereocenters. The molecule has 0 aromatic heterocycles. The van der Waals surface area contributed by atoms with Gasteiger partial charge < -0.3 is 4.90 Å². The summed E-state index contributed by atoms with van der Waals surface area (Å²) in [6.45, 7) is 14.6. The number of nitrogens with zero attached hydrogens (tertiary/aromatic N) is 2. The Labute approximate surface area is 168 Å². The molecule has 0 radical (unpaired) electrons. The van der Waals surface area contributed by atoms with Gasteiger partial charge in [-0.3, -0.25) is 4.99 Å². The maximum Gasteiger partial charge on any atom is 0.0664 e. The molecule has 0 spiro atoms. The summed E-state index contributed by atoms with van der Waals surface area (Å²) in [5, 5.41) is 0.752. The van der Waals surface area contributed by atoms with Crippen LogP contribution in [-0.2, 0) is 0 Å². The van der Waals surface area contributed by atoms with Gasteiger partial charge in [-0.05, 0) is 81.8 Å². The second-order valence-electron chi connectivity index (χ2n) is 7.76. The van der Waals surface area contributed by atoms with Gasteiger partial charge in [0.2, 0.25) is 0 Å². The molecule has 1 fully saturated rings. The molecule has 0 aliphatic carbocycles. The lowest BCUT2D eigenvalue weighted by molar-refractivity contribution is 0.459. The highest BCUT2D eigenvalue weighted by Gasteiger charge is 2.20. The molecule has 142 valence electrons. The zero-order valence-corrected chi connectivity index (χ0v) is 17.6. The molecule has 0 N–H and O–H groups in total. The first kappa shape index (κ1) is 19.7. The number of halogens is 1. The summed E-state index contributed by atoms with van der Waals surface area (Å²) in [5.74, 6) is 0.653. The number of allylic oxidation sites excluding steroid dienone is 1. The fourth-order valence-corrected chi connectivity index (χ4v) is 3.95. The number of anilines is 1. The van der Waals surface area contributed by atoms with Crippen molar-refractivity contribution in [2.24, 2.45) is 10.9 Å². The van der Waals surface area contributed by atoms with E-state index >= 15 is 0 Å². The van der Waals surface area contributed by atoms with Gasteiger partial charge in [0.25, 0.3) is 0 Å². The van der Waals surface area contributed by atoms with Crippen LogP contribution >= 0.6 is 11.6 Å². The molecule has 3 heteroatoms. The first-order chi connectivity index (χ1) is 12.8. The molecule has 1 saturated heterocycles. The number of aliphatic imine (C=N–C) groups is 1. The summed E-state index contributed by atoms with van der Waals surface area (Å²) in [5.41, 5.74) is 7.90. The summed E-state index contributed by atoms with van der Waals surface area (Å²) in [6, 6.07) is 12.7. The van der Waals surface area contributed by atoms with Gasteiger partial charge in [-0.25, -0.2) is 0 Å². The van der Waals surface area contributed by atoms with E-state index in [9.17, 15) is 0 Å². The van der Waals surface area contributed by atoms with Crippen LogP contribution in [0.3, 0.4) is 0 Å². The summed E-state index contributed by atoms with van der Waals surface area (Å²) in [4.78, 5) is 7.32. The highest BCUT2D eigenvalue weighted by atomic mass is 35.5. The molecule has 2 aromatic rings. The van der Waals surface area contributed by atoms with E-state index in [0.717, 1.165) is 35.1 Å². The molecule has 2 aromatic carbocycles. The smallest absolute Gasteiger partial charge is 0.0664 e. The molecular weight excluding hydrogens is 352 g/mol. The number of aryl methyl sites for hydroxylation is 2. The van der Waals surface area contributed by atoms with E-state index in [0.29, 0.717) is 5.92 Å². The van der Waals surface area contributed by atoms with Gasteiger partial charge in [0.1, 0.15) is 0 Å². The topological polar surface area (TPSA) is 15.6 Å². The second kappa shape index (κ2) is 8.31. The van der Waals surface area contributed by atoms with Crippen molar-refractivity contribution in [1.29, 1.82) is 0 Å². The van der Waals surface area contributed by atoms with E-state index in [-0.39, 0.29) is 0 Å². The van der Waals surface area contributed by atoms with E-state index in [1.54, 1.807) is 0 Å². The summed E-state index contributed by atoms with van der Waals surface area (Å²) in [6.07, 6.45) is 2.34. The minimum atomic E-state index is 0.653. The Morgan fingerprint density at radius 2 is 1.78 bits per heavy atom. The van der Waals surface area contributed by atoms with E-state index < -0.39 is 0 Å². The Morgan fingerprint density at radius 1 is 1.07 bits per heavy atom. The predicted octanol–water partition coefficient (Wildman–Crippen LogP) is 6.89. The normalized spacial score (nSPS) is 15.9. The van der Waals surface area contributed by atoms with Crippen LogP contribution in [0.25, 0.3) is 0 Å². The molecule has 1 aliphatic rings. The maximum atomic E-state index is 6.52. The Bertz CT molecular complexity index is 874. The van der Waals surface area contributed by atoms with E-state index in [4.69, 9.17) is 16.6 Å². The Morgan fingerprint density at radius 3 is 2.44 bits per heavy atom. The van der Waals surface area contributed by atoms with Gasteiger partial charge in [-0.1, -0.05) is 35.9 Å². The van der Waals surface area contributed by atoms with Gasteiger partial charge >= 0.3 is 0 Å². The average molecular weight is 381 g/mol. The molecule has 0 saturated carbocycles. The van der Waals surface area contributed by atoms with E-state index in [1.165, 1.54) is 35.2 Å². The van der Waals surface area contributed by atoms with Gasteiger partial charge in [0.15, 0.2) is 0 Å². The van der Waals surface area contributed by atoms with E-state index in [1.807, 2.05) is 13.0 Å². The lowest BCUT2D eigenvalue weighted by Crippen LogP contribution is -2.33. The molecule has 27 heavy (non-hydrogen) atoms. The van der Waals surface area contributed by atoms with Crippen LogP contribution in [-0.4, -0.2) is 18.8 Å². The highest BCUT2D eigenvalue weighted by Crippen LogP contribution is 2.30. The molecule has 0 bridgehead atoms. The predicted molar refractivity (Wildman–Crippen MR) is 119 cm³/mol. The van der Waals surface area contributed by atoms with Gasteiger partial charge in [0, 0.05) is 35.1 Å². The standard InChI is InChI=1S/C24H29ClN2/c1-16(2)20-10-12-27(13-11-20)21-8-9-23(25)22(15-21)19(5)26-24-14-17(3)6-7-18(24)4/h6-9,14-15,20H,1,10-13H2,2-5H3. The zero-order chi connectivity index (χ0) is 19.6. The molecule has 3 rings (SSSR count). The number of hydrogen-bond acceptors (Lipinski definition) is 2. The molecule has 0 amide bonds. The van der Waals surface area contributed by atoms with Crippen LogP contribution in [0, 0.1) is 19.8 Å². The maximum absolute atomic E-state index is 6.52. The van der Waals surface area contributed by atoms with Crippen molar-refractivity contribution in [3.63, 3.8) is 0 Å². The van der Waals surface area contributed by atoms with Gasteiger partial charge in [0.05, 0.1) is 5.69 Å². The Hall–Kier alpha value is -2.06. The van der Waals surface area contributed by atoms with Crippen molar-refractivity contribution in [3.8, 4) is 0 Å². The quantitative estimate of drug-likeness (QED) is 0.416. The van der Waals surface area contributed by atoms with Gasteiger partial charge in [-0.15, -0.1) is 0 Å². The largest absolute Gasteiger partial charge is 0.371 e. The fourth-order valence-electron chi connectivity index (χ4n) is 3.70. The number of piperidine rings is 1. The molecule has 0 unspecified atom stereocenters. The number of benzene rings is 2. The van der Waals surface area contributed by atoms with Crippen LogP contribution in [0.5, 0.6) is 0 Å². The third-order valence-electron chi connectivity index (χ3n) is 5.55. The molecule has 2 nitrogen and oxygen atoms in total. The van der Waals surface area contributed by atoms with Crippen molar-refractivity contribution >= 4 is 28.7 Å². The Kier molecular flexibility index (Phi) is 6.06. The van der Waals surface area contributed by atoms with Crippen LogP contribution in [0.15, 0.2) is 53.5 Å². The summed E-state index contributed by atoms with van der Waals surface area (Å²) < 4.78 is 0. The summed E-state index contributed by atoms with van der Waals surface area (Å²) in [7, 11) is 0. The SMILES string of the molecule is C=C(C)C1CCN(c2ccc(Cl)c(C(C)=Nc3cc(C)ccc3C)c2)CC1. The van der Waals surface area contributed by atoms with Crippen molar-refractivity contribution in [2.45, 2.75) is 40.5 Å². The first-order valence-electron chi connectivity index (χ1n) is 9.68. The van der Waals surface area contributed by atoms with Gasteiger partial charge in [-0.2, -0.15) is 0 Å².